The van der Waals surface area contributed by atoms with Crippen molar-refractivity contribution in [3.05, 3.63) is 59.9 Å². The number of aliphatic imine (C=N–C) groups is 1. The van der Waals surface area contributed by atoms with Gasteiger partial charge >= 0.3 is 0 Å². The lowest BCUT2D eigenvalue weighted by atomic mass is 10.2. The maximum absolute atomic E-state index is 11.9. The summed E-state index contributed by atoms with van der Waals surface area (Å²) >= 11 is 0. The molecule has 1 aliphatic rings. The molecule has 30 heavy (non-hydrogen) atoms. The zero-order valence-corrected chi connectivity index (χ0v) is 17.6. The van der Waals surface area contributed by atoms with E-state index in [4.69, 9.17) is 9.98 Å². The average molecular weight is 405 g/mol. The zero-order valence-electron chi connectivity index (χ0n) is 17.6. The third kappa shape index (κ3) is 4.30. The van der Waals surface area contributed by atoms with E-state index in [0.717, 1.165) is 53.6 Å². The topological polar surface area (TPSA) is 74.6 Å². The maximum atomic E-state index is 11.9. The van der Waals surface area contributed by atoms with Crippen LogP contribution >= 0.6 is 0 Å². The highest BCUT2D eigenvalue weighted by molar-refractivity contribution is 5.95. The molecular weight excluding hydrogens is 376 g/mol. The van der Waals surface area contributed by atoms with Gasteiger partial charge in [-0.25, -0.2) is 9.98 Å². The van der Waals surface area contributed by atoms with E-state index < -0.39 is 0 Å². The lowest BCUT2D eigenvalue weighted by molar-refractivity contribution is -0.117. The molecule has 0 atom stereocenters. The van der Waals surface area contributed by atoms with Gasteiger partial charge < -0.3 is 20.1 Å². The molecule has 156 valence electrons. The fourth-order valence-corrected chi connectivity index (χ4v) is 3.73. The minimum Gasteiger partial charge on any atom is -0.357 e. The van der Waals surface area contributed by atoms with Crippen molar-refractivity contribution < 1.29 is 4.79 Å². The molecule has 7 heteroatoms. The zero-order chi connectivity index (χ0) is 20.9. The van der Waals surface area contributed by atoms with Crippen molar-refractivity contribution in [2.24, 2.45) is 12.0 Å². The number of nitrogens with one attached hydrogen (secondary N) is 2. The van der Waals surface area contributed by atoms with Gasteiger partial charge in [-0.3, -0.25) is 4.79 Å². The van der Waals surface area contributed by atoms with E-state index >= 15 is 0 Å². The standard InChI is InChI=1S/C23H28N6O/c1-3-24-23(26-16-21-27-19-7-4-5-8-20(19)28(21)2)25-15-17-10-12-18(13-11-17)29-14-6-9-22(29)30/h4-5,7-8,10-13H,3,6,9,14-16H2,1-2H3,(H2,24,25,26). The largest absolute Gasteiger partial charge is 0.357 e. The van der Waals surface area contributed by atoms with E-state index in [1.807, 2.05) is 61.3 Å². The second kappa shape index (κ2) is 8.98. The first-order valence-corrected chi connectivity index (χ1v) is 10.5. The summed E-state index contributed by atoms with van der Waals surface area (Å²) in [5.41, 5.74) is 4.19. The highest BCUT2D eigenvalue weighted by atomic mass is 16.2. The molecule has 0 saturated carbocycles. The molecule has 2 heterocycles. The minimum absolute atomic E-state index is 0.210. The number of hydrogen-bond donors (Lipinski definition) is 2. The molecule has 0 aliphatic carbocycles. The second-order valence-corrected chi connectivity index (χ2v) is 7.44. The van der Waals surface area contributed by atoms with Crippen LogP contribution in [0.3, 0.4) is 0 Å². The van der Waals surface area contributed by atoms with Crippen LogP contribution < -0.4 is 15.5 Å². The fraction of sp³-hybridized carbons (Fsp3) is 0.348. The number of nitrogens with zero attached hydrogens (tertiary/aromatic N) is 4. The van der Waals surface area contributed by atoms with Crippen molar-refractivity contribution in [3.8, 4) is 0 Å². The van der Waals surface area contributed by atoms with Crippen LogP contribution in [0.5, 0.6) is 0 Å². The number of carbonyl (C=O) groups is 1. The number of imidazole rings is 1. The van der Waals surface area contributed by atoms with Crippen molar-refractivity contribution in [2.75, 3.05) is 18.0 Å². The number of aryl methyl sites for hydroxylation is 1. The normalized spacial score (nSPS) is 14.5. The van der Waals surface area contributed by atoms with E-state index in [2.05, 4.69) is 21.3 Å². The second-order valence-electron chi connectivity index (χ2n) is 7.44. The predicted octanol–water partition coefficient (Wildman–Crippen LogP) is 2.96. The first-order chi connectivity index (χ1) is 14.7. The lowest BCUT2D eigenvalue weighted by Gasteiger charge is -2.16. The molecule has 1 saturated heterocycles. The summed E-state index contributed by atoms with van der Waals surface area (Å²) in [6, 6.07) is 16.2. The number of benzene rings is 2. The van der Waals surface area contributed by atoms with Gasteiger partial charge in [0.15, 0.2) is 5.96 Å². The van der Waals surface area contributed by atoms with Crippen LogP contribution in [0.1, 0.15) is 31.2 Å². The van der Waals surface area contributed by atoms with Crippen molar-refractivity contribution in [1.82, 2.24) is 20.2 Å². The number of guanidine groups is 1. The average Bonchev–Trinajstić information content (AvgIpc) is 3.34. The Bertz CT molecular complexity index is 1050. The van der Waals surface area contributed by atoms with Crippen LogP contribution in [0.25, 0.3) is 11.0 Å². The van der Waals surface area contributed by atoms with Crippen molar-refractivity contribution in [3.63, 3.8) is 0 Å². The molecule has 2 aromatic carbocycles. The maximum Gasteiger partial charge on any atom is 0.227 e. The molecule has 0 unspecified atom stereocenters. The van der Waals surface area contributed by atoms with Crippen LogP contribution in [0.2, 0.25) is 0 Å². The Morgan fingerprint density at radius 2 is 1.93 bits per heavy atom. The molecule has 1 fully saturated rings. The molecule has 0 radical (unpaired) electrons. The Hall–Kier alpha value is -3.35. The molecule has 0 spiro atoms. The van der Waals surface area contributed by atoms with Gasteiger partial charge in [0.05, 0.1) is 24.1 Å². The van der Waals surface area contributed by atoms with Crippen molar-refractivity contribution >= 4 is 28.6 Å². The SMILES string of the molecule is CCNC(=NCc1ccc(N2CCCC2=O)cc1)NCc1nc2ccccc2n1C. The first kappa shape index (κ1) is 19.9. The molecule has 1 amide bonds. The summed E-state index contributed by atoms with van der Waals surface area (Å²) in [5.74, 6) is 1.92. The minimum atomic E-state index is 0.210. The van der Waals surface area contributed by atoms with Crippen LogP contribution in [0, 0.1) is 0 Å². The summed E-state index contributed by atoms with van der Waals surface area (Å²) in [5, 5.41) is 6.66. The highest BCUT2D eigenvalue weighted by Crippen LogP contribution is 2.21. The quantitative estimate of drug-likeness (QED) is 0.489. The predicted molar refractivity (Wildman–Crippen MR) is 120 cm³/mol. The van der Waals surface area contributed by atoms with Gasteiger partial charge in [0.2, 0.25) is 5.91 Å². The summed E-state index contributed by atoms with van der Waals surface area (Å²) in [7, 11) is 2.03. The van der Waals surface area contributed by atoms with Crippen LogP contribution in [0.4, 0.5) is 5.69 Å². The smallest absolute Gasteiger partial charge is 0.227 e. The van der Waals surface area contributed by atoms with Gasteiger partial charge in [0, 0.05) is 32.2 Å². The van der Waals surface area contributed by atoms with E-state index in [1.54, 1.807) is 0 Å². The summed E-state index contributed by atoms with van der Waals surface area (Å²) < 4.78 is 2.10. The van der Waals surface area contributed by atoms with E-state index in [1.165, 1.54) is 0 Å². The molecule has 3 aromatic rings. The Morgan fingerprint density at radius 1 is 1.13 bits per heavy atom. The van der Waals surface area contributed by atoms with Gasteiger partial charge in [0.1, 0.15) is 5.82 Å². The van der Waals surface area contributed by atoms with Crippen LogP contribution in [-0.2, 0) is 24.9 Å². The highest BCUT2D eigenvalue weighted by Gasteiger charge is 2.21. The molecule has 2 N–H and O–H groups in total. The Kier molecular flexibility index (Phi) is 5.97. The van der Waals surface area contributed by atoms with Gasteiger partial charge in [-0.1, -0.05) is 24.3 Å². The number of para-hydroxylation sites is 2. The molecule has 7 nitrogen and oxygen atoms in total. The van der Waals surface area contributed by atoms with Gasteiger partial charge in [-0.15, -0.1) is 0 Å². The first-order valence-electron chi connectivity index (χ1n) is 10.5. The Balaban J connectivity index is 1.40. The van der Waals surface area contributed by atoms with Gasteiger partial charge in [-0.2, -0.15) is 0 Å². The van der Waals surface area contributed by atoms with E-state index in [-0.39, 0.29) is 5.91 Å². The number of rotatable bonds is 6. The fourth-order valence-electron chi connectivity index (χ4n) is 3.73. The number of amides is 1. The van der Waals surface area contributed by atoms with E-state index in [0.29, 0.717) is 19.5 Å². The van der Waals surface area contributed by atoms with Crippen LogP contribution in [-0.4, -0.2) is 34.5 Å². The third-order valence-corrected chi connectivity index (χ3v) is 5.38. The molecule has 1 aromatic heterocycles. The summed E-state index contributed by atoms with van der Waals surface area (Å²) in [4.78, 5) is 23.2. The number of carbonyl (C=O) groups excluding carboxylic acids is 1. The monoisotopic (exact) mass is 404 g/mol. The molecule has 0 bridgehead atoms. The molecule has 1 aliphatic heterocycles. The van der Waals surface area contributed by atoms with Gasteiger partial charge in [-0.05, 0) is 43.2 Å². The lowest BCUT2D eigenvalue weighted by Crippen LogP contribution is -2.37. The molecular formula is C23H28N6O. The number of aromatic nitrogens is 2. The summed E-state index contributed by atoms with van der Waals surface area (Å²) in [6.07, 6.45) is 1.59. The summed E-state index contributed by atoms with van der Waals surface area (Å²) in [6.45, 7) is 4.80. The van der Waals surface area contributed by atoms with E-state index in [9.17, 15) is 4.79 Å². The number of hydrogen-bond acceptors (Lipinski definition) is 3. The Labute approximate surface area is 176 Å². The van der Waals surface area contributed by atoms with Crippen molar-refractivity contribution in [2.45, 2.75) is 32.9 Å². The number of fused-ring (bicyclic) bond motifs is 1. The number of anilines is 1. The Morgan fingerprint density at radius 3 is 2.63 bits per heavy atom. The van der Waals surface area contributed by atoms with Gasteiger partial charge in [0.25, 0.3) is 0 Å². The van der Waals surface area contributed by atoms with Crippen LogP contribution in [0.15, 0.2) is 53.5 Å². The van der Waals surface area contributed by atoms with Crippen molar-refractivity contribution in [1.29, 1.82) is 0 Å². The third-order valence-electron chi connectivity index (χ3n) is 5.38. The molecule has 4 rings (SSSR count).